The Hall–Kier alpha value is -2.71. The molecule has 2 aromatic rings. The Kier molecular flexibility index (Phi) is 3.32. The van der Waals surface area contributed by atoms with Gasteiger partial charge in [-0.3, -0.25) is 4.79 Å². The summed E-state index contributed by atoms with van der Waals surface area (Å²) in [6.07, 6.45) is 2.21. The summed E-state index contributed by atoms with van der Waals surface area (Å²) in [7, 11) is 0. The van der Waals surface area contributed by atoms with Gasteiger partial charge in [0.25, 0.3) is 11.4 Å². The Labute approximate surface area is 130 Å². The van der Waals surface area contributed by atoms with E-state index in [0.29, 0.717) is 49.4 Å². The number of H-pyrrole nitrogens is 1. The third kappa shape index (κ3) is 2.94. The SMILES string of the molecule is O=C1OCCN1CCc1noc(-c2cc(=O)[nH]c(C3CC3)n2)n1. The molecule has 4 rings (SSSR count). The van der Waals surface area contributed by atoms with Crippen molar-refractivity contribution in [1.29, 1.82) is 0 Å². The molecule has 0 spiro atoms. The van der Waals surface area contributed by atoms with Crippen LogP contribution in [0.4, 0.5) is 4.79 Å². The van der Waals surface area contributed by atoms with Gasteiger partial charge in [0, 0.05) is 24.9 Å². The minimum Gasteiger partial charge on any atom is -0.448 e. The van der Waals surface area contributed by atoms with Crippen molar-refractivity contribution in [2.45, 2.75) is 25.2 Å². The van der Waals surface area contributed by atoms with Crippen LogP contribution in [-0.4, -0.2) is 50.8 Å². The minimum atomic E-state index is -0.320. The summed E-state index contributed by atoms with van der Waals surface area (Å²) >= 11 is 0. The molecule has 2 fully saturated rings. The van der Waals surface area contributed by atoms with Crippen molar-refractivity contribution in [3.63, 3.8) is 0 Å². The van der Waals surface area contributed by atoms with E-state index in [1.807, 2.05) is 0 Å². The van der Waals surface area contributed by atoms with E-state index in [1.54, 1.807) is 4.90 Å². The number of amides is 1. The van der Waals surface area contributed by atoms with Gasteiger partial charge in [0.05, 0.1) is 6.54 Å². The maximum Gasteiger partial charge on any atom is 0.409 e. The Morgan fingerprint density at radius 2 is 2.17 bits per heavy atom. The predicted octanol–water partition coefficient (Wildman–Crippen LogP) is 0.692. The quantitative estimate of drug-likeness (QED) is 0.862. The molecule has 0 bridgehead atoms. The van der Waals surface area contributed by atoms with Crippen LogP contribution in [0.1, 0.15) is 30.4 Å². The van der Waals surface area contributed by atoms with Crippen molar-refractivity contribution < 1.29 is 14.1 Å². The molecule has 9 nitrogen and oxygen atoms in total. The third-order valence-electron chi connectivity index (χ3n) is 3.86. The standard InChI is InChI=1S/C14H15N5O4/c20-11-7-9(15-12(17-11)8-1-2-8)13-16-10(18-23-13)3-4-19-5-6-22-14(19)21/h7-8H,1-6H2,(H,15,17,20). The molecule has 2 aliphatic rings. The fourth-order valence-electron chi connectivity index (χ4n) is 2.46. The van der Waals surface area contributed by atoms with Crippen LogP contribution in [0.5, 0.6) is 0 Å². The van der Waals surface area contributed by atoms with Gasteiger partial charge in [0.1, 0.15) is 18.1 Å². The minimum absolute atomic E-state index is 0.219. The first-order valence-electron chi connectivity index (χ1n) is 7.55. The van der Waals surface area contributed by atoms with Crippen LogP contribution < -0.4 is 5.56 Å². The number of carbonyl (C=O) groups is 1. The lowest BCUT2D eigenvalue weighted by Crippen LogP contribution is -2.26. The molecule has 1 amide bonds. The highest BCUT2D eigenvalue weighted by Gasteiger charge is 2.27. The molecule has 9 heteroatoms. The van der Waals surface area contributed by atoms with Crippen molar-refractivity contribution in [3.05, 3.63) is 28.1 Å². The highest BCUT2D eigenvalue weighted by atomic mass is 16.6. The lowest BCUT2D eigenvalue weighted by atomic mass is 10.3. The topological polar surface area (TPSA) is 114 Å². The molecule has 1 saturated carbocycles. The van der Waals surface area contributed by atoms with E-state index in [0.717, 1.165) is 12.8 Å². The number of aromatic nitrogens is 4. The zero-order valence-corrected chi connectivity index (χ0v) is 12.3. The summed E-state index contributed by atoms with van der Waals surface area (Å²) in [4.78, 5) is 36.1. The largest absolute Gasteiger partial charge is 0.448 e. The number of rotatable bonds is 5. The van der Waals surface area contributed by atoms with Crippen LogP contribution in [0, 0.1) is 0 Å². The van der Waals surface area contributed by atoms with E-state index in [1.165, 1.54) is 6.07 Å². The Balaban J connectivity index is 1.49. The second-order valence-electron chi connectivity index (χ2n) is 5.66. The zero-order chi connectivity index (χ0) is 15.8. The molecule has 3 heterocycles. The number of hydrogen-bond donors (Lipinski definition) is 1. The van der Waals surface area contributed by atoms with E-state index in [2.05, 4.69) is 20.1 Å². The second kappa shape index (κ2) is 5.49. The Bertz CT molecular complexity index is 794. The van der Waals surface area contributed by atoms with Crippen LogP contribution in [0.15, 0.2) is 15.4 Å². The van der Waals surface area contributed by atoms with Gasteiger partial charge in [0.15, 0.2) is 5.82 Å². The van der Waals surface area contributed by atoms with E-state index in [4.69, 9.17) is 9.26 Å². The number of ether oxygens (including phenoxy) is 1. The molecule has 1 aliphatic carbocycles. The monoisotopic (exact) mass is 317 g/mol. The van der Waals surface area contributed by atoms with E-state index in [9.17, 15) is 9.59 Å². The first-order valence-corrected chi connectivity index (χ1v) is 7.55. The van der Waals surface area contributed by atoms with Crippen LogP contribution >= 0.6 is 0 Å². The van der Waals surface area contributed by atoms with E-state index in [-0.39, 0.29) is 17.5 Å². The van der Waals surface area contributed by atoms with Crippen molar-refractivity contribution >= 4 is 6.09 Å². The molecular formula is C14H15N5O4. The van der Waals surface area contributed by atoms with Crippen molar-refractivity contribution in [1.82, 2.24) is 25.0 Å². The molecule has 0 radical (unpaired) electrons. The third-order valence-corrected chi connectivity index (χ3v) is 3.86. The summed E-state index contributed by atoms with van der Waals surface area (Å²) in [5, 5.41) is 3.88. The molecule has 23 heavy (non-hydrogen) atoms. The van der Waals surface area contributed by atoms with Crippen molar-refractivity contribution in [2.75, 3.05) is 19.7 Å². The molecular weight excluding hydrogens is 302 g/mol. The fraction of sp³-hybridized carbons (Fsp3) is 0.500. The maximum atomic E-state index is 11.7. The molecule has 2 aromatic heterocycles. The smallest absolute Gasteiger partial charge is 0.409 e. The van der Waals surface area contributed by atoms with Gasteiger partial charge in [0.2, 0.25) is 0 Å². The van der Waals surface area contributed by atoms with Crippen molar-refractivity contribution in [2.24, 2.45) is 0 Å². The Morgan fingerprint density at radius 3 is 2.91 bits per heavy atom. The van der Waals surface area contributed by atoms with Gasteiger partial charge in [-0.15, -0.1) is 0 Å². The van der Waals surface area contributed by atoms with Gasteiger partial charge < -0.3 is 19.1 Å². The lowest BCUT2D eigenvalue weighted by Gasteiger charge is -2.09. The Morgan fingerprint density at radius 1 is 1.30 bits per heavy atom. The van der Waals surface area contributed by atoms with E-state index >= 15 is 0 Å². The summed E-state index contributed by atoms with van der Waals surface area (Å²) < 4.78 is 10.0. The molecule has 0 unspecified atom stereocenters. The number of aromatic amines is 1. The maximum absolute atomic E-state index is 11.7. The number of carbonyl (C=O) groups excluding carboxylic acids is 1. The number of hydrogen-bond acceptors (Lipinski definition) is 7. The average molecular weight is 317 g/mol. The highest BCUT2D eigenvalue weighted by Crippen LogP contribution is 2.37. The lowest BCUT2D eigenvalue weighted by molar-refractivity contribution is 0.158. The summed E-state index contributed by atoms with van der Waals surface area (Å²) in [5.41, 5.74) is 0.159. The molecule has 0 atom stereocenters. The summed E-state index contributed by atoms with van der Waals surface area (Å²) in [5.74, 6) is 1.69. The van der Waals surface area contributed by atoms with E-state index < -0.39 is 0 Å². The van der Waals surface area contributed by atoms with Gasteiger partial charge in [-0.1, -0.05) is 5.16 Å². The molecule has 0 aromatic carbocycles. The van der Waals surface area contributed by atoms with Gasteiger partial charge in [-0.05, 0) is 12.8 Å². The van der Waals surface area contributed by atoms with Crippen LogP contribution in [0.2, 0.25) is 0 Å². The first kappa shape index (κ1) is 13.9. The van der Waals surface area contributed by atoms with Crippen LogP contribution in [0.25, 0.3) is 11.6 Å². The highest BCUT2D eigenvalue weighted by molar-refractivity contribution is 5.69. The molecule has 120 valence electrons. The van der Waals surface area contributed by atoms with Gasteiger partial charge in [-0.25, -0.2) is 9.78 Å². The van der Waals surface area contributed by atoms with Crippen molar-refractivity contribution in [3.8, 4) is 11.6 Å². The van der Waals surface area contributed by atoms with Gasteiger partial charge in [-0.2, -0.15) is 4.98 Å². The zero-order valence-electron chi connectivity index (χ0n) is 12.3. The molecule has 1 aliphatic heterocycles. The van der Waals surface area contributed by atoms with Crippen LogP contribution in [-0.2, 0) is 11.2 Å². The van der Waals surface area contributed by atoms with Gasteiger partial charge >= 0.3 is 6.09 Å². The fourth-order valence-corrected chi connectivity index (χ4v) is 2.46. The second-order valence-corrected chi connectivity index (χ2v) is 5.66. The first-order chi connectivity index (χ1) is 11.2. The normalized spacial score (nSPS) is 17.6. The average Bonchev–Trinajstić information content (AvgIpc) is 3.15. The van der Waals surface area contributed by atoms with Crippen LogP contribution in [0.3, 0.4) is 0 Å². The summed E-state index contributed by atoms with van der Waals surface area (Å²) in [6, 6.07) is 1.35. The molecule has 1 saturated heterocycles. The number of cyclic esters (lactones) is 1. The predicted molar refractivity (Wildman–Crippen MR) is 76.7 cm³/mol. The number of nitrogens with one attached hydrogen (secondary N) is 1. The summed E-state index contributed by atoms with van der Waals surface area (Å²) in [6.45, 7) is 1.45. The number of nitrogens with zero attached hydrogens (tertiary/aromatic N) is 4. The molecule has 1 N–H and O–H groups in total.